The van der Waals surface area contributed by atoms with Crippen LogP contribution in [0.25, 0.3) is 0 Å². The van der Waals surface area contributed by atoms with E-state index < -0.39 is 5.82 Å². The lowest BCUT2D eigenvalue weighted by Gasteiger charge is -2.00. The van der Waals surface area contributed by atoms with Crippen LogP contribution < -0.4 is 5.73 Å². The van der Waals surface area contributed by atoms with Crippen molar-refractivity contribution >= 4 is 11.9 Å². The van der Waals surface area contributed by atoms with Crippen LogP contribution >= 0.6 is 0 Å². The van der Waals surface area contributed by atoms with Crippen molar-refractivity contribution in [3.8, 4) is 6.07 Å². The van der Waals surface area contributed by atoms with Gasteiger partial charge in [0.25, 0.3) is 0 Å². The molecule has 0 unspecified atom stereocenters. The van der Waals surface area contributed by atoms with Crippen LogP contribution in [0.1, 0.15) is 11.1 Å². The third-order valence-corrected chi connectivity index (χ3v) is 1.45. The van der Waals surface area contributed by atoms with E-state index in [9.17, 15) is 4.39 Å². The number of hydrogen-bond acceptors (Lipinski definition) is 3. The Bertz CT molecular complexity index is 365. The number of nitrogens with zero attached hydrogens (tertiary/aromatic N) is 1. The van der Waals surface area contributed by atoms with Gasteiger partial charge < -0.3 is 11.1 Å². The van der Waals surface area contributed by atoms with Gasteiger partial charge >= 0.3 is 0 Å². The SMILES string of the molecule is N#Cc1cc(F)c(N)c(C=N)c1. The van der Waals surface area contributed by atoms with Crippen molar-refractivity contribution < 1.29 is 4.39 Å². The summed E-state index contributed by atoms with van der Waals surface area (Å²) in [6.45, 7) is 0. The number of rotatable bonds is 1. The zero-order valence-electron chi connectivity index (χ0n) is 6.13. The molecule has 0 aliphatic heterocycles. The summed E-state index contributed by atoms with van der Waals surface area (Å²) in [6.07, 6.45) is 0.916. The molecule has 0 spiro atoms. The molecule has 0 atom stereocenters. The quantitative estimate of drug-likeness (QED) is 0.483. The van der Waals surface area contributed by atoms with E-state index in [0.29, 0.717) is 0 Å². The van der Waals surface area contributed by atoms with Crippen molar-refractivity contribution in [3.05, 3.63) is 29.1 Å². The minimum Gasteiger partial charge on any atom is -0.396 e. The summed E-state index contributed by atoms with van der Waals surface area (Å²) in [4.78, 5) is 0. The average molecular weight is 163 g/mol. The summed E-state index contributed by atoms with van der Waals surface area (Å²) in [6, 6.07) is 4.18. The topological polar surface area (TPSA) is 73.7 Å². The molecule has 0 saturated heterocycles. The number of nitrogens with one attached hydrogen (secondary N) is 1. The summed E-state index contributed by atoms with van der Waals surface area (Å²) < 4.78 is 12.8. The number of nitrogen functional groups attached to an aromatic ring is 1. The minimum absolute atomic E-state index is 0.0935. The molecule has 1 aromatic rings. The van der Waals surface area contributed by atoms with Crippen LogP contribution in [0.4, 0.5) is 10.1 Å². The lowest BCUT2D eigenvalue weighted by molar-refractivity contribution is 0.632. The zero-order valence-corrected chi connectivity index (χ0v) is 6.13. The molecule has 0 fully saturated rings. The van der Waals surface area contributed by atoms with Crippen molar-refractivity contribution in [3.63, 3.8) is 0 Å². The number of halogens is 1. The first-order valence-electron chi connectivity index (χ1n) is 3.18. The molecule has 0 bridgehead atoms. The van der Waals surface area contributed by atoms with Gasteiger partial charge in [0, 0.05) is 11.8 Å². The van der Waals surface area contributed by atoms with Crippen LogP contribution in [0.2, 0.25) is 0 Å². The van der Waals surface area contributed by atoms with Gasteiger partial charge in [-0.2, -0.15) is 5.26 Å². The molecule has 0 aromatic heterocycles. The summed E-state index contributed by atoms with van der Waals surface area (Å²) in [5, 5.41) is 15.3. The Morgan fingerprint density at radius 2 is 2.25 bits per heavy atom. The van der Waals surface area contributed by atoms with Crippen LogP contribution in [0.15, 0.2) is 12.1 Å². The fourth-order valence-electron chi connectivity index (χ4n) is 0.823. The van der Waals surface area contributed by atoms with Gasteiger partial charge in [0.2, 0.25) is 0 Å². The Labute approximate surface area is 68.7 Å². The Kier molecular flexibility index (Phi) is 2.06. The molecule has 0 aliphatic rings. The molecule has 0 heterocycles. The van der Waals surface area contributed by atoms with Crippen molar-refractivity contribution in [2.75, 3.05) is 5.73 Å². The molecule has 12 heavy (non-hydrogen) atoms. The largest absolute Gasteiger partial charge is 0.396 e. The van der Waals surface area contributed by atoms with E-state index in [0.717, 1.165) is 12.3 Å². The summed E-state index contributed by atoms with van der Waals surface area (Å²) in [7, 11) is 0. The third kappa shape index (κ3) is 1.25. The van der Waals surface area contributed by atoms with Gasteiger partial charge in [-0.1, -0.05) is 0 Å². The fraction of sp³-hybridized carbons (Fsp3) is 0. The van der Waals surface area contributed by atoms with Gasteiger partial charge in [0.15, 0.2) is 0 Å². The number of hydrogen-bond donors (Lipinski definition) is 2. The number of anilines is 1. The molecule has 1 rings (SSSR count). The van der Waals surface area contributed by atoms with E-state index in [1.807, 2.05) is 0 Å². The molecule has 0 saturated carbocycles. The molecule has 60 valence electrons. The van der Waals surface area contributed by atoms with Gasteiger partial charge in [-0.05, 0) is 12.1 Å². The van der Waals surface area contributed by atoms with Gasteiger partial charge in [-0.15, -0.1) is 0 Å². The van der Waals surface area contributed by atoms with E-state index in [-0.39, 0.29) is 16.8 Å². The minimum atomic E-state index is -0.660. The second-order valence-electron chi connectivity index (χ2n) is 2.22. The second kappa shape index (κ2) is 3.01. The van der Waals surface area contributed by atoms with Crippen LogP contribution in [-0.4, -0.2) is 6.21 Å². The maximum absolute atomic E-state index is 12.8. The molecule has 4 heteroatoms. The Hall–Kier alpha value is -1.89. The van der Waals surface area contributed by atoms with E-state index in [4.69, 9.17) is 16.4 Å². The van der Waals surface area contributed by atoms with Gasteiger partial charge in [-0.25, -0.2) is 4.39 Å². The normalized spacial score (nSPS) is 9.00. The van der Waals surface area contributed by atoms with Gasteiger partial charge in [0.1, 0.15) is 5.82 Å². The molecular formula is C8H6FN3. The summed E-state index contributed by atoms with van der Waals surface area (Å²) in [5.41, 5.74) is 5.58. The van der Waals surface area contributed by atoms with Crippen molar-refractivity contribution in [2.45, 2.75) is 0 Å². The highest BCUT2D eigenvalue weighted by molar-refractivity contribution is 5.85. The first-order chi connectivity index (χ1) is 5.69. The third-order valence-electron chi connectivity index (χ3n) is 1.45. The highest BCUT2D eigenvalue weighted by Crippen LogP contribution is 2.16. The maximum atomic E-state index is 12.8. The fourth-order valence-corrected chi connectivity index (χ4v) is 0.823. The monoisotopic (exact) mass is 163 g/mol. The Morgan fingerprint density at radius 3 is 2.75 bits per heavy atom. The molecule has 3 nitrogen and oxygen atoms in total. The molecule has 0 radical (unpaired) electrons. The average Bonchev–Trinajstić information content (AvgIpc) is 2.09. The van der Waals surface area contributed by atoms with Gasteiger partial charge in [-0.3, -0.25) is 0 Å². The predicted molar refractivity (Wildman–Crippen MR) is 43.4 cm³/mol. The standard InChI is InChI=1S/C8H6FN3/c9-7-2-5(3-10)1-6(4-11)8(7)12/h1-2,4,11H,12H2. The second-order valence-corrected chi connectivity index (χ2v) is 2.22. The number of nitriles is 1. The van der Waals surface area contributed by atoms with Crippen molar-refractivity contribution in [2.24, 2.45) is 0 Å². The lowest BCUT2D eigenvalue weighted by Crippen LogP contribution is -1.97. The maximum Gasteiger partial charge on any atom is 0.148 e. The molecular weight excluding hydrogens is 157 g/mol. The first kappa shape index (κ1) is 8.21. The van der Waals surface area contributed by atoms with Crippen LogP contribution in [0.3, 0.4) is 0 Å². The summed E-state index contributed by atoms with van der Waals surface area (Å²) >= 11 is 0. The van der Waals surface area contributed by atoms with Crippen LogP contribution in [-0.2, 0) is 0 Å². The summed E-state index contributed by atoms with van der Waals surface area (Å²) in [5.74, 6) is -0.660. The van der Waals surface area contributed by atoms with Gasteiger partial charge in [0.05, 0.1) is 17.3 Å². The number of nitrogens with two attached hydrogens (primary N) is 1. The zero-order chi connectivity index (χ0) is 9.14. The molecule has 1 aromatic carbocycles. The van der Waals surface area contributed by atoms with E-state index in [1.54, 1.807) is 6.07 Å². The van der Waals surface area contributed by atoms with E-state index in [1.165, 1.54) is 6.07 Å². The Balaban J connectivity index is 3.41. The van der Waals surface area contributed by atoms with Crippen molar-refractivity contribution in [1.29, 1.82) is 10.7 Å². The van der Waals surface area contributed by atoms with E-state index in [2.05, 4.69) is 0 Å². The lowest BCUT2D eigenvalue weighted by atomic mass is 10.1. The highest BCUT2D eigenvalue weighted by Gasteiger charge is 2.04. The number of benzene rings is 1. The molecule has 0 aliphatic carbocycles. The molecule has 0 amide bonds. The first-order valence-corrected chi connectivity index (χ1v) is 3.18. The van der Waals surface area contributed by atoms with Crippen LogP contribution in [0, 0.1) is 22.6 Å². The Morgan fingerprint density at radius 1 is 1.58 bits per heavy atom. The van der Waals surface area contributed by atoms with Crippen LogP contribution in [0.5, 0.6) is 0 Å². The predicted octanol–water partition coefficient (Wildman–Crippen LogP) is 1.28. The van der Waals surface area contributed by atoms with E-state index >= 15 is 0 Å². The molecule has 3 N–H and O–H groups in total. The smallest absolute Gasteiger partial charge is 0.148 e. The highest BCUT2D eigenvalue weighted by atomic mass is 19.1. The van der Waals surface area contributed by atoms with Crippen molar-refractivity contribution in [1.82, 2.24) is 0 Å².